The number of carbonyl (C=O) groups is 1. The van der Waals surface area contributed by atoms with Crippen LogP contribution in [0.1, 0.15) is 14.5 Å². The standard InChI is InChI=1S/C15H11N3O3S2/c1-9-5-6-13(23-9)14(19)17-15-16-12(8-22-15)10-3-2-4-11(7-10)18(20)21/h2-8H,1H3,(H,16,17,19). The molecule has 2 heterocycles. The molecule has 0 saturated heterocycles. The third-order valence-electron chi connectivity index (χ3n) is 3.04. The van der Waals surface area contributed by atoms with Gasteiger partial charge in [0, 0.05) is 28.0 Å². The van der Waals surface area contributed by atoms with Gasteiger partial charge in [0.05, 0.1) is 15.5 Å². The molecule has 0 atom stereocenters. The predicted molar refractivity (Wildman–Crippen MR) is 91.2 cm³/mol. The largest absolute Gasteiger partial charge is 0.297 e. The van der Waals surface area contributed by atoms with Crippen molar-refractivity contribution >= 4 is 39.4 Å². The second kappa shape index (κ2) is 6.27. The summed E-state index contributed by atoms with van der Waals surface area (Å²) in [5.41, 5.74) is 1.24. The molecule has 0 aliphatic rings. The first-order valence-corrected chi connectivity index (χ1v) is 8.31. The molecule has 0 spiro atoms. The third kappa shape index (κ3) is 3.43. The molecule has 0 aliphatic heterocycles. The molecule has 0 unspecified atom stereocenters. The minimum atomic E-state index is -0.447. The van der Waals surface area contributed by atoms with Crippen molar-refractivity contribution in [2.24, 2.45) is 0 Å². The minimum Gasteiger partial charge on any atom is -0.297 e. The first-order chi connectivity index (χ1) is 11.0. The monoisotopic (exact) mass is 345 g/mol. The number of aromatic nitrogens is 1. The van der Waals surface area contributed by atoms with Gasteiger partial charge in [0.2, 0.25) is 0 Å². The Bertz CT molecular complexity index is 885. The summed E-state index contributed by atoms with van der Waals surface area (Å²) in [4.78, 5) is 28.5. The Balaban J connectivity index is 1.79. The van der Waals surface area contributed by atoms with Crippen molar-refractivity contribution in [3.05, 3.63) is 61.6 Å². The molecule has 23 heavy (non-hydrogen) atoms. The second-order valence-corrected chi connectivity index (χ2v) is 6.86. The highest BCUT2D eigenvalue weighted by Crippen LogP contribution is 2.28. The van der Waals surface area contributed by atoms with E-state index < -0.39 is 4.92 Å². The molecule has 0 fully saturated rings. The van der Waals surface area contributed by atoms with E-state index in [-0.39, 0.29) is 11.6 Å². The molecule has 2 aromatic heterocycles. The predicted octanol–water partition coefficient (Wildman–Crippen LogP) is 4.34. The number of anilines is 1. The van der Waals surface area contributed by atoms with E-state index in [9.17, 15) is 14.9 Å². The van der Waals surface area contributed by atoms with Crippen molar-refractivity contribution in [2.75, 3.05) is 5.32 Å². The number of amides is 1. The van der Waals surface area contributed by atoms with Crippen molar-refractivity contribution in [3.8, 4) is 11.3 Å². The molecule has 0 bridgehead atoms. The van der Waals surface area contributed by atoms with E-state index in [1.165, 1.54) is 34.8 Å². The number of hydrogen-bond acceptors (Lipinski definition) is 6. The summed E-state index contributed by atoms with van der Waals surface area (Å²) in [5.74, 6) is -0.206. The summed E-state index contributed by atoms with van der Waals surface area (Å²) in [6.45, 7) is 1.94. The fourth-order valence-corrected chi connectivity index (χ4v) is 3.44. The Morgan fingerprint density at radius 1 is 1.30 bits per heavy atom. The summed E-state index contributed by atoms with van der Waals surface area (Å²) in [7, 11) is 0. The van der Waals surface area contributed by atoms with Gasteiger partial charge in [-0.1, -0.05) is 12.1 Å². The van der Waals surface area contributed by atoms with E-state index in [1.807, 2.05) is 13.0 Å². The van der Waals surface area contributed by atoms with Gasteiger partial charge in [0.1, 0.15) is 0 Å². The first-order valence-electron chi connectivity index (χ1n) is 6.61. The SMILES string of the molecule is Cc1ccc(C(=O)Nc2nc(-c3cccc([N+](=O)[O-])c3)cs2)s1. The molecular formula is C15H11N3O3S2. The number of aryl methyl sites for hydroxylation is 1. The molecule has 116 valence electrons. The number of nitrogens with one attached hydrogen (secondary N) is 1. The summed E-state index contributed by atoms with van der Waals surface area (Å²) in [6, 6.07) is 9.90. The summed E-state index contributed by atoms with van der Waals surface area (Å²) >= 11 is 2.69. The van der Waals surface area contributed by atoms with Crippen LogP contribution < -0.4 is 5.32 Å². The average molecular weight is 345 g/mol. The Morgan fingerprint density at radius 2 is 2.13 bits per heavy atom. The van der Waals surface area contributed by atoms with Crippen LogP contribution in [0.25, 0.3) is 11.3 Å². The van der Waals surface area contributed by atoms with E-state index in [2.05, 4.69) is 10.3 Å². The molecule has 0 radical (unpaired) electrons. The zero-order valence-corrected chi connectivity index (χ0v) is 13.6. The number of nitro benzene ring substituents is 1. The first kappa shape index (κ1) is 15.3. The highest BCUT2D eigenvalue weighted by Gasteiger charge is 2.13. The molecule has 1 N–H and O–H groups in total. The maximum absolute atomic E-state index is 12.1. The van der Waals surface area contributed by atoms with Crippen LogP contribution >= 0.6 is 22.7 Å². The van der Waals surface area contributed by atoms with Gasteiger partial charge in [-0.25, -0.2) is 4.98 Å². The molecule has 8 heteroatoms. The summed E-state index contributed by atoms with van der Waals surface area (Å²) < 4.78 is 0. The lowest BCUT2D eigenvalue weighted by atomic mass is 10.1. The number of carbonyl (C=O) groups excluding carboxylic acids is 1. The third-order valence-corrected chi connectivity index (χ3v) is 4.80. The van der Waals surface area contributed by atoms with Crippen LogP contribution in [0.5, 0.6) is 0 Å². The van der Waals surface area contributed by atoms with Crippen LogP contribution in [0.2, 0.25) is 0 Å². The lowest BCUT2D eigenvalue weighted by molar-refractivity contribution is -0.384. The van der Waals surface area contributed by atoms with Crippen LogP contribution in [0.3, 0.4) is 0 Å². The van der Waals surface area contributed by atoms with Gasteiger partial charge in [0.25, 0.3) is 11.6 Å². The van der Waals surface area contributed by atoms with Gasteiger partial charge in [0.15, 0.2) is 5.13 Å². The zero-order chi connectivity index (χ0) is 16.4. The number of hydrogen-bond donors (Lipinski definition) is 1. The average Bonchev–Trinajstić information content (AvgIpc) is 3.16. The smallest absolute Gasteiger partial charge is 0.270 e. The Kier molecular flexibility index (Phi) is 4.18. The molecule has 3 aromatic rings. The lowest BCUT2D eigenvalue weighted by Crippen LogP contribution is -2.09. The maximum Gasteiger partial charge on any atom is 0.270 e. The van der Waals surface area contributed by atoms with Gasteiger partial charge >= 0.3 is 0 Å². The van der Waals surface area contributed by atoms with E-state index >= 15 is 0 Å². The van der Waals surface area contributed by atoms with Gasteiger partial charge in [-0.3, -0.25) is 20.2 Å². The Morgan fingerprint density at radius 3 is 2.83 bits per heavy atom. The van der Waals surface area contributed by atoms with E-state index in [4.69, 9.17) is 0 Å². The van der Waals surface area contributed by atoms with E-state index in [0.717, 1.165) is 4.88 Å². The van der Waals surface area contributed by atoms with E-state index in [1.54, 1.807) is 23.6 Å². The highest BCUT2D eigenvalue weighted by molar-refractivity contribution is 7.15. The van der Waals surface area contributed by atoms with Gasteiger partial charge < -0.3 is 0 Å². The lowest BCUT2D eigenvalue weighted by Gasteiger charge is -1.99. The fraction of sp³-hybridized carbons (Fsp3) is 0.0667. The van der Waals surface area contributed by atoms with Gasteiger partial charge in [-0.2, -0.15) is 0 Å². The number of nitrogens with zero attached hydrogens (tertiary/aromatic N) is 2. The van der Waals surface area contributed by atoms with E-state index in [0.29, 0.717) is 21.3 Å². The molecule has 6 nitrogen and oxygen atoms in total. The Hall–Kier alpha value is -2.58. The minimum absolute atomic E-state index is 0.00939. The summed E-state index contributed by atoms with van der Waals surface area (Å²) in [6.07, 6.45) is 0. The normalized spacial score (nSPS) is 10.5. The second-order valence-electron chi connectivity index (χ2n) is 4.71. The topological polar surface area (TPSA) is 85.1 Å². The van der Waals surface area contributed by atoms with Crippen LogP contribution in [0.4, 0.5) is 10.8 Å². The molecule has 3 rings (SSSR count). The number of thiazole rings is 1. The molecule has 1 amide bonds. The Labute approximate surface area is 139 Å². The number of nitro groups is 1. The maximum atomic E-state index is 12.1. The van der Waals surface area contributed by atoms with Crippen molar-refractivity contribution in [2.45, 2.75) is 6.92 Å². The number of thiophene rings is 1. The van der Waals surface area contributed by atoms with Crippen molar-refractivity contribution < 1.29 is 9.72 Å². The van der Waals surface area contributed by atoms with Gasteiger partial charge in [-0.05, 0) is 19.1 Å². The molecule has 0 saturated carbocycles. The number of non-ortho nitro benzene ring substituents is 1. The molecule has 1 aromatic carbocycles. The fourth-order valence-electron chi connectivity index (χ4n) is 1.96. The van der Waals surface area contributed by atoms with Crippen LogP contribution in [-0.2, 0) is 0 Å². The van der Waals surface area contributed by atoms with Crippen molar-refractivity contribution in [3.63, 3.8) is 0 Å². The van der Waals surface area contributed by atoms with Crippen molar-refractivity contribution in [1.29, 1.82) is 0 Å². The highest BCUT2D eigenvalue weighted by atomic mass is 32.1. The molecule has 0 aliphatic carbocycles. The van der Waals surface area contributed by atoms with Crippen LogP contribution in [0.15, 0.2) is 41.8 Å². The van der Waals surface area contributed by atoms with Gasteiger partial charge in [-0.15, -0.1) is 22.7 Å². The number of benzene rings is 1. The summed E-state index contributed by atoms with van der Waals surface area (Å²) in [5, 5.41) is 15.8. The number of rotatable bonds is 4. The quantitative estimate of drug-likeness (QED) is 0.563. The van der Waals surface area contributed by atoms with Crippen molar-refractivity contribution in [1.82, 2.24) is 4.98 Å². The van der Waals surface area contributed by atoms with Crippen LogP contribution in [-0.4, -0.2) is 15.8 Å². The molecular weight excluding hydrogens is 334 g/mol. The zero-order valence-electron chi connectivity index (χ0n) is 12.0. The van der Waals surface area contributed by atoms with Crippen LogP contribution in [0, 0.1) is 17.0 Å².